The molecule has 4 heteroatoms. The SMILES string of the molecule is CCC(C(=O)NCCc1cnc[nH]1)c1ccccc1. The average Bonchev–Trinajstić information content (AvgIpc) is 2.94. The first-order valence-corrected chi connectivity index (χ1v) is 6.61. The molecule has 0 saturated carbocycles. The maximum atomic E-state index is 12.2. The highest BCUT2D eigenvalue weighted by molar-refractivity contribution is 5.83. The third-order valence-corrected chi connectivity index (χ3v) is 3.18. The number of hydrogen-bond acceptors (Lipinski definition) is 2. The zero-order valence-electron chi connectivity index (χ0n) is 11.1. The Kier molecular flexibility index (Phi) is 4.72. The van der Waals surface area contributed by atoms with Crippen molar-refractivity contribution >= 4 is 5.91 Å². The Morgan fingerprint density at radius 3 is 2.79 bits per heavy atom. The first-order valence-electron chi connectivity index (χ1n) is 6.61. The van der Waals surface area contributed by atoms with Crippen LogP contribution in [0.2, 0.25) is 0 Å². The van der Waals surface area contributed by atoms with Crippen LogP contribution in [0.5, 0.6) is 0 Å². The van der Waals surface area contributed by atoms with Gasteiger partial charge in [0, 0.05) is 24.9 Å². The Morgan fingerprint density at radius 1 is 1.37 bits per heavy atom. The van der Waals surface area contributed by atoms with E-state index in [1.165, 1.54) is 0 Å². The number of aromatic nitrogens is 2. The van der Waals surface area contributed by atoms with Crippen molar-refractivity contribution in [1.82, 2.24) is 15.3 Å². The van der Waals surface area contributed by atoms with Gasteiger partial charge >= 0.3 is 0 Å². The van der Waals surface area contributed by atoms with E-state index in [0.29, 0.717) is 6.54 Å². The number of carbonyl (C=O) groups is 1. The van der Waals surface area contributed by atoms with Crippen molar-refractivity contribution in [3.8, 4) is 0 Å². The average molecular weight is 257 g/mol. The Hall–Kier alpha value is -2.10. The predicted molar refractivity (Wildman–Crippen MR) is 74.8 cm³/mol. The van der Waals surface area contributed by atoms with Gasteiger partial charge in [-0.1, -0.05) is 37.3 Å². The molecule has 1 atom stereocenters. The molecular formula is C15H19N3O. The summed E-state index contributed by atoms with van der Waals surface area (Å²) in [6, 6.07) is 9.91. The zero-order valence-corrected chi connectivity index (χ0v) is 11.1. The smallest absolute Gasteiger partial charge is 0.227 e. The molecule has 2 rings (SSSR count). The van der Waals surface area contributed by atoms with Gasteiger partial charge in [0.2, 0.25) is 5.91 Å². The van der Waals surface area contributed by atoms with Gasteiger partial charge in [0.05, 0.1) is 12.2 Å². The fourth-order valence-electron chi connectivity index (χ4n) is 2.12. The summed E-state index contributed by atoms with van der Waals surface area (Å²) < 4.78 is 0. The zero-order chi connectivity index (χ0) is 13.5. The predicted octanol–water partition coefficient (Wildman–Crippen LogP) is 2.26. The molecule has 0 bridgehead atoms. The van der Waals surface area contributed by atoms with E-state index < -0.39 is 0 Å². The molecule has 100 valence electrons. The van der Waals surface area contributed by atoms with E-state index in [4.69, 9.17) is 0 Å². The molecule has 1 heterocycles. The number of nitrogens with zero attached hydrogens (tertiary/aromatic N) is 1. The highest BCUT2D eigenvalue weighted by atomic mass is 16.1. The summed E-state index contributed by atoms with van der Waals surface area (Å²) in [5.74, 6) is 0.0242. The Balaban J connectivity index is 1.87. The third-order valence-electron chi connectivity index (χ3n) is 3.18. The number of carbonyl (C=O) groups excluding carboxylic acids is 1. The molecule has 1 aromatic carbocycles. The quantitative estimate of drug-likeness (QED) is 0.834. The molecule has 2 aromatic rings. The molecule has 1 amide bonds. The summed E-state index contributed by atoms with van der Waals surface area (Å²) in [6.45, 7) is 2.66. The molecule has 0 radical (unpaired) electrons. The summed E-state index contributed by atoms with van der Waals surface area (Å²) in [5, 5.41) is 2.98. The van der Waals surface area contributed by atoms with Crippen LogP contribution in [0.15, 0.2) is 42.9 Å². The molecule has 0 spiro atoms. The van der Waals surface area contributed by atoms with Gasteiger partial charge in [0.1, 0.15) is 0 Å². The number of amides is 1. The lowest BCUT2D eigenvalue weighted by Crippen LogP contribution is -2.30. The van der Waals surface area contributed by atoms with E-state index in [1.807, 2.05) is 37.3 Å². The fraction of sp³-hybridized carbons (Fsp3) is 0.333. The molecule has 19 heavy (non-hydrogen) atoms. The van der Waals surface area contributed by atoms with Gasteiger partial charge in [-0.2, -0.15) is 0 Å². The second-order valence-electron chi connectivity index (χ2n) is 4.49. The van der Waals surface area contributed by atoms with Crippen molar-refractivity contribution in [3.63, 3.8) is 0 Å². The second-order valence-corrected chi connectivity index (χ2v) is 4.49. The van der Waals surface area contributed by atoms with Crippen LogP contribution in [0.1, 0.15) is 30.5 Å². The fourth-order valence-corrected chi connectivity index (χ4v) is 2.12. The first kappa shape index (κ1) is 13.3. The number of benzene rings is 1. The lowest BCUT2D eigenvalue weighted by molar-refractivity contribution is -0.122. The van der Waals surface area contributed by atoms with Crippen molar-refractivity contribution in [2.75, 3.05) is 6.54 Å². The molecule has 0 aliphatic heterocycles. The lowest BCUT2D eigenvalue weighted by atomic mass is 9.96. The number of rotatable bonds is 6. The van der Waals surface area contributed by atoms with Crippen LogP contribution in [-0.4, -0.2) is 22.4 Å². The van der Waals surface area contributed by atoms with Crippen molar-refractivity contribution in [2.45, 2.75) is 25.7 Å². The van der Waals surface area contributed by atoms with Gasteiger partial charge in [-0.05, 0) is 12.0 Å². The topological polar surface area (TPSA) is 57.8 Å². The molecule has 1 aromatic heterocycles. The number of aromatic amines is 1. The summed E-state index contributed by atoms with van der Waals surface area (Å²) in [7, 11) is 0. The maximum absolute atomic E-state index is 12.2. The number of imidazole rings is 1. The standard InChI is InChI=1S/C15H19N3O/c1-2-14(12-6-4-3-5-7-12)15(19)17-9-8-13-10-16-11-18-13/h3-7,10-11,14H,2,8-9H2,1H3,(H,16,18)(H,17,19). The van der Waals surface area contributed by atoms with Gasteiger partial charge < -0.3 is 10.3 Å². The van der Waals surface area contributed by atoms with Gasteiger partial charge in [-0.3, -0.25) is 4.79 Å². The Labute approximate surface area is 113 Å². The van der Waals surface area contributed by atoms with Crippen LogP contribution < -0.4 is 5.32 Å². The van der Waals surface area contributed by atoms with Crippen molar-refractivity contribution in [3.05, 3.63) is 54.1 Å². The molecule has 1 unspecified atom stereocenters. The number of nitrogens with one attached hydrogen (secondary N) is 2. The van der Waals surface area contributed by atoms with Crippen molar-refractivity contribution in [1.29, 1.82) is 0 Å². The molecule has 4 nitrogen and oxygen atoms in total. The van der Waals surface area contributed by atoms with Gasteiger partial charge in [0.15, 0.2) is 0 Å². The minimum atomic E-state index is -0.0667. The molecule has 0 aliphatic carbocycles. The summed E-state index contributed by atoms with van der Waals surface area (Å²) in [6.07, 6.45) is 5.01. The Bertz CT molecular complexity index is 493. The van der Waals surface area contributed by atoms with Crippen LogP contribution in [0.3, 0.4) is 0 Å². The Morgan fingerprint density at radius 2 is 2.16 bits per heavy atom. The molecular weight excluding hydrogens is 238 g/mol. The van der Waals surface area contributed by atoms with Gasteiger partial charge in [0.25, 0.3) is 0 Å². The summed E-state index contributed by atoms with van der Waals surface area (Å²) in [4.78, 5) is 19.1. The lowest BCUT2D eigenvalue weighted by Gasteiger charge is -2.15. The van der Waals surface area contributed by atoms with Gasteiger partial charge in [-0.25, -0.2) is 4.98 Å². The van der Waals surface area contributed by atoms with Crippen LogP contribution in [-0.2, 0) is 11.2 Å². The minimum Gasteiger partial charge on any atom is -0.355 e. The minimum absolute atomic E-state index is 0.0667. The number of hydrogen-bond donors (Lipinski definition) is 2. The van der Waals surface area contributed by atoms with E-state index in [-0.39, 0.29) is 11.8 Å². The molecule has 0 saturated heterocycles. The summed E-state index contributed by atoms with van der Waals surface area (Å²) >= 11 is 0. The number of H-pyrrole nitrogens is 1. The maximum Gasteiger partial charge on any atom is 0.227 e. The highest BCUT2D eigenvalue weighted by Gasteiger charge is 2.17. The van der Waals surface area contributed by atoms with Crippen LogP contribution in [0.4, 0.5) is 0 Å². The second kappa shape index (κ2) is 6.73. The summed E-state index contributed by atoms with van der Waals surface area (Å²) in [5.41, 5.74) is 2.11. The van der Waals surface area contributed by atoms with E-state index in [0.717, 1.165) is 24.1 Å². The molecule has 0 aliphatic rings. The van der Waals surface area contributed by atoms with Crippen LogP contribution in [0, 0.1) is 0 Å². The molecule has 0 fully saturated rings. The van der Waals surface area contributed by atoms with Crippen LogP contribution in [0.25, 0.3) is 0 Å². The van der Waals surface area contributed by atoms with E-state index in [2.05, 4.69) is 15.3 Å². The largest absolute Gasteiger partial charge is 0.355 e. The molecule has 2 N–H and O–H groups in total. The third kappa shape index (κ3) is 3.68. The monoisotopic (exact) mass is 257 g/mol. The van der Waals surface area contributed by atoms with Crippen molar-refractivity contribution in [2.24, 2.45) is 0 Å². The van der Waals surface area contributed by atoms with Crippen LogP contribution >= 0.6 is 0 Å². The van der Waals surface area contributed by atoms with Gasteiger partial charge in [-0.15, -0.1) is 0 Å². The van der Waals surface area contributed by atoms with Crippen molar-refractivity contribution < 1.29 is 4.79 Å². The normalized spacial score (nSPS) is 12.1. The van der Waals surface area contributed by atoms with E-state index >= 15 is 0 Å². The highest BCUT2D eigenvalue weighted by Crippen LogP contribution is 2.18. The van der Waals surface area contributed by atoms with E-state index in [9.17, 15) is 4.79 Å². The first-order chi connectivity index (χ1) is 9.31. The van der Waals surface area contributed by atoms with E-state index in [1.54, 1.807) is 12.5 Å².